The number of amides is 1. The van der Waals surface area contributed by atoms with Gasteiger partial charge in [-0.3, -0.25) is 4.79 Å². The van der Waals surface area contributed by atoms with Crippen LogP contribution in [0.3, 0.4) is 0 Å². The van der Waals surface area contributed by atoms with Crippen LogP contribution in [0.2, 0.25) is 0 Å². The molecule has 1 amide bonds. The molecule has 2 aliphatic carbocycles. The predicted octanol–water partition coefficient (Wildman–Crippen LogP) is 3.53. The third kappa shape index (κ3) is 2.48. The first kappa shape index (κ1) is 14.6. The molecule has 0 aliphatic heterocycles. The summed E-state index contributed by atoms with van der Waals surface area (Å²) in [7, 11) is 1.37. The number of ether oxygens (including phenoxy) is 1. The molecule has 3 atom stereocenters. The number of carbonyl (C=O) groups is 2. The van der Waals surface area contributed by atoms with Crippen LogP contribution in [0.15, 0.2) is 0 Å². The Hall–Kier alpha value is -1.36. The Bertz CT molecular complexity index is 593. The third-order valence-corrected chi connectivity index (χ3v) is 6.21. The van der Waals surface area contributed by atoms with Crippen LogP contribution < -0.4 is 5.32 Å². The zero-order chi connectivity index (χ0) is 15.1. The number of hydrogen-bond acceptors (Lipinski definition) is 4. The fourth-order valence-electron chi connectivity index (χ4n) is 3.83. The third-order valence-electron chi connectivity index (χ3n) is 5.09. The van der Waals surface area contributed by atoms with Crippen LogP contribution in [0.25, 0.3) is 0 Å². The molecular formula is C16H21NO3S. The number of hydrogen-bond donors (Lipinski definition) is 1. The summed E-state index contributed by atoms with van der Waals surface area (Å²) >= 11 is 1.46. The molecule has 0 spiro atoms. The van der Waals surface area contributed by atoms with E-state index in [1.165, 1.54) is 37.7 Å². The van der Waals surface area contributed by atoms with Gasteiger partial charge >= 0.3 is 5.97 Å². The van der Waals surface area contributed by atoms with Gasteiger partial charge in [-0.05, 0) is 50.5 Å². The lowest BCUT2D eigenvalue weighted by atomic mass is 9.88. The normalized spacial score (nSPS) is 26.9. The van der Waals surface area contributed by atoms with Gasteiger partial charge in [0, 0.05) is 10.8 Å². The minimum atomic E-state index is -0.375. The molecule has 21 heavy (non-hydrogen) atoms. The van der Waals surface area contributed by atoms with Crippen molar-refractivity contribution >= 4 is 28.2 Å². The maximum atomic E-state index is 12.5. The summed E-state index contributed by atoms with van der Waals surface area (Å²) in [5.74, 6) is 1.10. The monoisotopic (exact) mass is 307 g/mol. The van der Waals surface area contributed by atoms with E-state index in [0.29, 0.717) is 16.5 Å². The first-order valence-corrected chi connectivity index (χ1v) is 8.32. The maximum absolute atomic E-state index is 12.5. The minimum absolute atomic E-state index is 0.0774. The number of rotatable bonds is 3. The van der Waals surface area contributed by atoms with Gasteiger partial charge in [0.05, 0.1) is 12.7 Å². The van der Waals surface area contributed by atoms with Crippen molar-refractivity contribution in [1.82, 2.24) is 0 Å². The van der Waals surface area contributed by atoms with Crippen molar-refractivity contribution in [3.63, 3.8) is 0 Å². The van der Waals surface area contributed by atoms with Gasteiger partial charge in [0.25, 0.3) is 0 Å². The molecule has 1 aromatic rings. The Kier molecular flexibility index (Phi) is 3.78. The van der Waals surface area contributed by atoms with Crippen LogP contribution in [-0.4, -0.2) is 19.0 Å². The summed E-state index contributed by atoms with van der Waals surface area (Å²) in [6.07, 6.45) is 4.66. The molecule has 1 aromatic heterocycles. The molecule has 5 heteroatoms. The number of fused-ring (bicyclic) bond motifs is 2. The van der Waals surface area contributed by atoms with Gasteiger partial charge in [-0.2, -0.15) is 0 Å². The first-order chi connectivity index (χ1) is 10.0. The molecular weight excluding hydrogens is 286 g/mol. The Morgan fingerprint density at radius 1 is 1.24 bits per heavy atom. The van der Waals surface area contributed by atoms with Gasteiger partial charge in [0.15, 0.2) is 0 Å². The summed E-state index contributed by atoms with van der Waals surface area (Å²) in [6, 6.07) is 0. The topological polar surface area (TPSA) is 55.4 Å². The number of carbonyl (C=O) groups excluding carboxylic acids is 2. The van der Waals surface area contributed by atoms with E-state index in [2.05, 4.69) is 5.32 Å². The van der Waals surface area contributed by atoms with Crippen LogP contribution in [0.1, 0.15) is 46.5 Å². The number of anilines is 1. The second-order valence-electron chi connectivity index (χ2n) is 6.25. The average molecular weight is 307 g/mol. The summed E-state index contributed by atoms with van der Waals surface area (Å²) in [5.41, 5.74) is 1.41. The van der Waals surface area contributed by atoms with Gasteiger partial charge in [-0.1, -0.05) is 6.42 Å². The smallest absolute Gasteiger partial charge is 0.341 e. The van der Waals surface area contributed by atoms with Gasteiger partial charge in [0.2, 0.25) is 5.91 Å². The van der Waals surface area contributed by atoms with Gasteiger partial charge in [0.1, 0.15) is 5.00 Å². The molecule has 2 bridgehead atoms. The number of nitrogens with one attached hydrogen (secondary N) is 1. The Morgan fingerprint density at radius 2 is 2.00 bits per heavy atom. The zero-order valence-electron chi connectivity index (χ0n) is 12.7. The van der Waals surface area contributed by atoms with Gasteiger partial charge in [-0.25, -0.2) is 4.79 Å². The number of methoxy groups -OCH3 is 1. The Morgan fingerprint density at radius 3 is 2.57 bits per heavy atom. The maximum Gasteiger partial charge on any atom is 0.341 e. The lowest BCUT2D eigenvalue weighted by molar-refractivity contribution is -0.121. The number of esters is 1. The van der Waals surface area contributed by atoms with Crippen molar-refractivity contribution in [2.75, 3.05) is 12.4 Å². The van der Waals surface area contributed by atoms with Crippen molar-refractivity contribution in [3.05, 3.63) is 16.0 Å². The molecule has 3 rings (SSSR count). The van der Waals surface area contributed by atoms with E-state index in [4.69, 9.17) is 4.74 Å². The van der Waals surface area contributed by atoms with E-state index >= 15 is 0 Å². The second-order valence-corrected chi connectivity index (χ2v) is 7.47. The molecule has 4 nitrogen and oxygen atoms in total. The van der Waals surface area contributed by atoms with Gasteiger partial charge < -0.3 is 10.1 Å². The lowest BCUT2D eigenvalue weighted by Crippen LogP contribution is -2.27. The fourth-order valence-corrected chi connectivity index (χ4v) is 4.88. The van der Waals surface area contributed by atoms with Crippen molar-refractivity contribution in [2.24, 2.45) is 17.8 Å². The molecule has 1 N–H and O–H groups in total. The molecule has 1 heterocycles. The highest BCUT2D eigenvalue weighted by Gasteiger charge is 2.43. The predicted molar refractivity (Wildman–Crippen MR) is 82.7 cm³/mol. The summed E-state index contributed by atoms with van der Waals surface area (Å²) in [4.78, 5) is 25.5. The summed E-state index contributed by atoms with van der Waals surface area (Å²) in [5, 5.41) is 3.64. The first-order valence-electron chi connectivity index (χ1n) is 7.50. The summed E-state index contributed by atoms with van der Waals surface area (Å²) < 4.78 is 4.84. The lowest BCUT2D eigenvalue weighted by Gasteiger charge is -2.20. The molecule has 0 saturated heterocycles. The van der Waals surface area contributed by atoms with E-state index in [1.807, 2.05) is 13.8 Å². The second kappa shape index (κ2) is 5.44. The molecule has 2 saturated carbocycles. The van der Waals surface area contributed by atoms with Crippen molar-refractivity contribution in [3.8, 4) is 0 Å². The van der Waals surface area contributed by atoms with E-state index in [9.17, 15) is 9.59 Å². The molecule has 0 radical (unpaired) electrons. The summed E-state index contributed by atoms with van der Waals surface area (Å²) in [6.45, 7) is 3.85. The van der Waals surface area contributed by atoms with Crippen molar-refractivity contribution in [1.29, 1.82) is 0 Å². The molecule has 0 unspecified atom stereocenters. The van der Waals surface area contributed by atoms with E-state index in [1.54, 1.807) is 0 Å². The van der Waals surface area contributed by atoms with Gasteiger partial charge in [-0.15, -0.1) is 11.3 Å². The largest absolute Gasteiger partial charge is 0.465 e. The number of aryl methyl sites for hydroxylation is 1. The highest BCUT2D eigenvalue weighted by Crippen LogP contribution is 2.48. The van der Waals surface area contributed by atoms with E-state index < -0.39 is 0 Å². The van der Waals surface area contributed by atoms with Crippen molar-refractivity contribution in [2.45, 2.75) is 39.5 Å². The molecule has 114 valence electrons. The SMILES string of the molecule is COC(=O)c1c(NC(=O)[C@H]2C[C@@H]3CC[C@@H]2C3)sc(C)c1C. The highest BCUT2D eigenvalue weighted by molar-refractivity contribution is 7.16. The zero-order valence-corrected chi connectivity index (χ0v) is 13.5. The molecule has 2 fully saturated rings. The van der Waals surface area contributed by atoms with Crippen LogP contribution in [0.5, 0.6) is 0 Å². The molecule has 0 aromatic carbocycles. The average Bonchev–Trinajstić information content (AvgIpc) is 3.14. The van der Waals surface area contributed by atoms with Crippen LogP contribution in [0, 0.1) is 31.6 Å². The van der Waals surface area contributed by atoms with Crippen LogP contribution in [-0.2, 0) is 9.53 Å². The van der Waals surface area contributed by atoms with Crippen molar-refractivity contribution < 1.29 is 14.3 Å². The Labute approximate surface area is 128 Å². The minimum Gasteiger partial charge on any atom is -0.465 e. The highest BCUT2D eigenvalue weighted by atomic mass is 32.1. The van der Waals surface area contributed by atoms with Crippen LogP contribution >= 0.6 is 11.3 Å². The van der Waals surface area contributed by atoms with E-state index in [-0.39, 0.29) is 17.8 Å². The fraction of sp³-hybridized carbons (Fsp3) is 0.625. The van der Waals surface area contributed by atoms with E-state index in [0.717, 1.165) is 22.8 Å². The standard InChI is InChI=1S/C16H21NO3S/c1-8-9(2)21-15(13(8)16(19)20-3)17-14(18)12-7-10-4-5-11(12)6-10/h10-12H,4-7H2,1-3H3,(H,17,18)/t10-,11-,12+/m1/s1. The number of thiophene rings is 1. The quantitative estimate of drug-likeness (QED) is 0.869. The Balaban J connectivity index is 1.80. The van der Waals surface area contributed by atoms with Crippen LogP contribution in [0.4, 0.5) is 5.00 Å². The molecule has 2 aliphatic rings.